The summed E-state index contributed by atoms with van der Waals surface area (Å²) in [6.07, 6.45) is 1.48. The van der Waals surface area contributed by atoms with Crippen molar-refractivity contribution in [1.82, 2.24) is 0 Å². The maximum atomic E-state index is 11.6. The van der Waals surface area contributed by atoms with E-state index < -0.39 is 5.97 Å². The highest BCUT2D eigenvalue weighted by atomic mass is 35.5. The summed E-state index contributed by atoms with van der Waals surface area (Å²) in [6, 6.07) is 16.4. The molecule has 0 aliphatic rings. The minimum atomic E-state index is -0.624. The molecule has 0 atom stereocenters. The van der Waals surface area contributed by atoms with Crippen LogP contribution in [-0.4, -0.2) is 12.6 Å². The molecule has 0 N–H and O–H groups in total. The maximum absolute atomic E-state index is 11.6. The van der Waals surface area contributed by atoms with Gasteiger partial charge in [0.05, 0.1) is 6.61 Å². The zero-order chi connectivity index (χ0) is 17.4. The Kier molecular flexibility index (Phi) is 6.41. The minimum Gasteiger partial charge on any atom is -0.489 e. The largest absolute Gasteiger partial charge is 0.489 e. The van der Waals surface area contributed by atoms with Gasteiger partial charge in [0.15, 0.2) is 0 Å². The lowest BCUT2D eigenvalue weighted by Gasteiger charge is -2.07. The number of carbonyl (C=O) groups excluding carboxylic acids is 1. The highest BCUT2D eigenvalue weighted by molar-refractivity contribution is 6.30. The Morgan fingerprint density at radius 1 is 1.25 bits per heavy atom. The first kappa shape index (κ1) is 17.6. The van der Waals surface area contributed by atoms with Crippen LogP contribution in [0.1, 0.15) is 18.1 Å². The smallest absolute Gasteiger partial charge is 0.348 e. The van der Waals surface area contributed by atoms with Crippen LogP contribution in [0.4, 0.5) is 0 Å². The lowest BCUT2D eigenvalue weighted by atomic mass is 10.1. The second kappa shape index (κ2) is 8.76. The van der Waals surface area contributed by atoms with Crippen LogP contribution >= 0.6 is 11.6 Å². The zero-order valence-electron chi connectivity index (χ0n) is 13.2. The Labute approximate surface area is 145 Å². The molecule has 4 nitrogen and oxygen atoms in total. The summed E-state index contributed by atoms with van der Waals surface area (Å²) in [5, 5.41) is 9.68. The van der Waals surface area contributed by atoms with Gasteiger partial charge in [-0.25, -0.2) is 4.79 Å². The molecule has 2 aromatic carbocycles. The molecule has 0 bridgehead atoms. The van der Waals surface area contributed by atoms with Crippen molar-refractivity contribution in [3.8, 4) is 11.8 Å². The molecular formula is C19H16ClNO3. The van der Waals surface area contributed by atoms with Crippen LogP contribution < -0.4 is 4.74 Å². The lowest BCUT2D eigenvalue weighted by molar-refractivity contribution is -0.137. The van der Waals surface area contributed by atoms with Crippen LogP contribution in [0.15, 0.2) is 54.1 Å². The van der Waals surface area contributed by atoms with E-state index in [2.05, 4.69) is 0 Å². The quantitative estimate of drug-likeness (QED) is 0.444. The van der Waals surface area contributed by atoms with Gasteiger partial charge in [-0.3, -0.25) is 0 Å². The first-order valence-corrected chi connectivity index (χ1v) is 7.76. The summed E-state index contributed by atoms with van der Waals surface area (Å²) in [6.45, 7) is 2.33. The van der Waals surface area contributed by atoms with Gasteiger partial charge in [-0.05, 0) is 48.4 Å². The van der Waals surface area contributed by atoms with Crippen molar-refractivity contribution in [2.45, 2.75) is 13.5 Å². The van der Waals surface area contributed by atoms with Gasteiger partial charge in [-0.2, -0.15) is 5.26 Å². The van der Waals surface area contributed by atoms with E-state index >= 15 is 0 Å². The third-order valence-corrected chi connectivity index (χ3v) is 3.34. The Hall–Kier alpha value is -2.77. The molecule has 0 heterocycles. The molecule has 0 aromatic heterocycles. The van der Waals surface area contributed by atoms with Gasteiger partial charge < -0.3 is 9.47 Å². The number of esters is 1. The van der Waals surface area contributed by atoms with Gasteiger partial charge in [0.25, 0.3) is 0 Å². The van der Waals surface area contributed by atoms with Crippen molar-refractivity contribution in [2.24, 2.45) is 0 Å². The van der Waals surface area contributed by atoms with E-state index in [0.29, 0.717) is 17.4 Å². The number of hydrogen-bond donors (Lipinski definition) is 0. The van der Waals surface area contributed by atoms with Gasteiger partial charge in [-0.15, -0.1) is 0 Å². The van der Waals surface area contributed by atoms with Crippen LogP contribution in [0.5, 0.6) is 5.75 Å². The van der Waals surface area contributed by atoms with E-state index in [9.17, 15) is 4.79 Å². The average Bonchev–Trinajstić information content (AvgIpc) is 2.59. The highest BCUT2D eigenvalue weighted by Gasteiger charge is 2.09. The average molecular weight is 342 g/mol. The molecule has 5 heteroatoms. The molecule has 24 heavy (non-hydrogen) atoms. The third kappa shape index (κ3) is 5.15. The van der Waals surface area contributed by atoms with Crippen molar-refractivity contribution < 1.29 is 14.3 Å². The fourth-order valence-corrected chi connectivity index (χ4v) is 2.18. The number of rotatable bonds is 6. The molecule has 0 amide bonds. The second-order valence-corrected chi connectivity index (χ2v) is 5.31. The van der Waals surface area contributed by atoms with Gasteiger partial charge >= 0.3 is 5.97 Å². The summed E-state index contributed by atoms with van der Waals surface area (Å²) < 4.78 is 10.5. The van der Waals surface area contributed by atoms with Gasteiger partial charge in [-0.1, -0.05) is 35.9 Å². The van der Waals surface area contributed by atoms with Crippen molar-refractivity contribution in [1.29, 1.82) is 5.26 Å². The number of hydrogen-bond acceptors (Lipinski definition) is 4. The van der Waals surface area contributed by atoms with E-state index in [-0.39, 0.29) is 12.2 Å². The number of ether oxygens (including phenoxy) is 2. The zero-order valence-corrected chi connectivity index (χ0v) is 13.9. The van der Waals surface area contributed by atoms with Crippen molar-refractivity contribution in [3.63, 3.8) is 0 Å². The molecular weight excluding hydrogens is 326 g/mol. The number of nitrogens with zero attached hydrogens (tertiary/aromatic N) is 1. The van der Waals surface area contributed by atoms with Crippen LogP contribution in [0, 0.1) is 11.3 Å². The van der Waals surface area contributed by atoms with Gasteiger partial charge in [0, 0.05) is 5.02 Å². The molecule has 2 rings (SSSR count). The predicted octanol–water partition coefficient (Wildman–Crippen LogP) is 4.39. The Balaban J connectivity index is 2.02. The van der Waals surface area contributed by atoms with E-state index in [0.717, 1.165) is 11.1 Å². The van der Waals surface area contributed by atoms with Crippen LogP contribution in [0.3, 0.4) is 0 Å². The Morgan fingerprint density at radius 2 is 2.00 bits per heavy atom. The molecule has 122 valence electrons. The molecule has 2 aromatic rings. The number of nitriles is 1. The van der Waals surface area contributed by atoms with Gasteiger partial charge in [0.1, 0.15) is 24.0 Å². The minimum absolute atomic E-state index is 0.0376. The number of halogens is 1. The van der Waals surface area contributed by atoms with Crippen molar-refractivity contribution >= 4 is 23.6 Å². The molecule has 0 aliphatic carbocycles. The van der Waals surface area contributed by atoms with E-state index in [1.807, 2.05) is 30.3 Å². The fourth-order valence-electron chi connectivity index (χ4n) is 1.97. The molecule has 0 unspecified atom stereocenters. The highest BCUT2D eigenvalue weighted by Crippen LogP contribution is 2.17. The Bertz CT molecular complexity index is 776. The standard InChI is InChI=1S/C19H16ClNO3/c1-2-23-19(22)16(12-21)10-14-6-8-18(9-7-14)24-13-15-4-3-5-17(20)11-15/h3-11H,2,13H2,1H3/b16-10+. The number of benzene rings is 2. The molecule has 0 saturated carbocycles. The summed E-state index contributed by atoms with van der Waals surface area (Å²) >= 11 is 5.93. The van der Waals surface area contributed by atoms with Crippen LogP contribution in [-0.2, 0) is 16.1 Å². The topological polar surface area (TPSA) is 59.3 Å². The summed E-state index contributed by atoms with van der Waals surface area (Å²) in [7, 11) is 0. The van der Waals surface area contributed by atoms with Crippen molar-refractivity contribution in [3.05, 3.63) is 70.3 Å². The normalized spacial score (nSPS) is 10.8. The Morgan fingerprint density at radius 3 is 2.62 bits per heavy atom. The lowest BCUT2D eigenvalue weighted by Crippen LogP contribution is -2.05. The fraction of sp³-hybridized carbons (Fsp3) is 0.158. The third-order valence-electron chi connectivity index (χ3n) is 3.10. The molecule has 0 saturated heterocycles. The molecule has 0 aliphatic heterocycles. The van der Waals surface area contributed by atoms with Crippen molar-refractivity contribution in [2.75, 3.05) is 6.61 Å². The molecule has 0 spiro atoms. The van der Waals surface area contributed by atoms with Crippen LogP contribution in [0.2, 0.25) is 5.02 Å². The first-order chi connectivity index (χ1) is 11.6. The molecule has 0 radical (unpaired) electrons. The van der Waals surface area contributed by atoms with E-state index in [1.54, 1.807) is 31.2 Å². The van der Waals surface area contributed by atoms with E-state index in [1.165, 1.54) is 6.08 Å². The SMILES string of the molecule is CCOC(=O)/C(C#N)=C/c1ccc(OCc2cccc(Cl)c2)cc1. The van der Waals surface area contributed by atoms with E-state index in [4.69, 9.17) is 26.3 Å². The number of carbonyl (C=O) groups is 1. The molecule has 0 fully saturated rings. The van der Waals surface area contributed by atoms with Gasteiger partial charge in [0.2, 0.25) is 0 Å². The summed E-state index contributed by atoms with van der Waals surface area (Å²) in [4.78, 5) is 11.6. The first-order valence-electron chi connectivity index (χ1n) is 7.38. The second-order valence-electron chi connectivity index (χ2n) is 4.88. The monoisotopic (exact) mass is 341 g/mol. The maximum Gasteiger partial charge on any atom is 0.348 e. The van der Waals surface area contributed by atoms with Crippen LogP contribution in [0.25, 0.3) is 6.08 Å². The summed E-state index contributed by atoms with van der Waals surface area (Å²) in [5.74, 6) is 0.0584. The summed E-state index contributed by atoms with van der Waals surface area (Å²) in [5.41, 5.74) is 1.65. The predicted molar refractivity (Wildman–Crippen MR) is 92.4 cm³/mol.